The zero-order valence-corrected chi connectivity index (χ0v) is 16.4. The maximum Gasteiger partial charge on any atom is 0.416 e. The first kappa shape index (κ1) is 20.9. The summed E-state index contributed by atoms with van der Waals surface area (Å²) in [5.41, 5.74) is 0.192. The number of halogens is 3. The van der Waals surface area contributed by atoms with Crippen LogP contribution in [0.15, 0.2) is 54.6 Å². The monoisotopic (exact) mass is 431 g/mol. The number of carbonyl (C=O) groups is 3. The van der Waals surface area contributed by atoms with Gasteiger partial charge in [-0.1, -0.05) is 30.3 Å². The summed E-state index contributed by atoms with van der Waals surface area (Å²) < 4.78 is 38.2. The van der Waals surface area contributed by atoms with Gasteiger partial charge < -0.3 is 15.1 Å². The molecule has 0 radical (unpaired) electrons. The van der Waals surface area contributed by atoms with E-state index < -0.39 is 29.7 Å². The second-order valence-electron chi connectivity index (χ2n) is 7.62. The largest absolute Gasteiger partial charge is 0.416 e. The highest BCUT2D eigenvalue weighted by atomic mass is 19.4. The Morgan fingerprint density at radius 1 is 1.00 bits per heavy atom. The van der Waals surface area contributed by atoms with Crippen molar-refractivity contribution >= 4 is 17.7 Å². The topological polar surface area (TPSA) is 69.7 Å². The number of fused-ring (bicyclic) bond motifs is 1. The quantitative estimate of drug-likeness (QED) is 0.810. The molecular weight excluding hydrogens is 411 g/mol. The lowest BCUT2D eigenvalue weighted by Crippen LogP contribution is -2.70. The van der Waals surface area contributed by atoms with Crippen LogP contribution in [0.4, 0.5) is 13.2 Å². The molecule has 0 aliphatic carbocycles. The Morgan fingerprint density at radius 2 is 1.68 bits per heavy atom. The number of alkyl halides is 3. The summed E-state index contributed by atoms with van der Waals surface area (Å²) in [7, 11) is 0. The fourth-order valence-corrected chi connectivity index (χ4v) is 3.96. The number of benzene rings is 2. The van der Waals surface area contributed by atoms with Gasteiger partial charge in [-0.15, -0.1) is 0 Å². The van der Waals surface area contributed by atoms with Crippen molar-refractivity contribution in [2.24, 2.45) is 0 Å². The van der Waals surface area contributed by atoms with Gasteiger partial charge in [0.15, 0.2) is 0 Å². The van der Waals surface area contributed by atoms with Gasteiger partial charge in [0.2, 0.25) is 11.8 Å². The molecule has 2 aromatic carbocycles. The van der Waals surface area contributed by atoms with Crippen LogP contribution < -0.4 is 5.32 Å². The molecule has 2 aliphatic heterocycles. The van der Waals surface area contributed by atoms with E-state index in [1.165, 1.54) is 9.80 Å². The van der Waals surface area contributed by atoms with Crippen molar-refractivity contribution in [3.8, 4) is 0 Å². The molecule has 162 valence electrons. The Balaban J connectivity index is 1.44. The third kappa shape index (κ3) is 4.26. The SMILES string of the molecule is O=C1N[C@H](Cc2ccccc2)C(=O)N2CCN(C(=O)c3ccc(C(F)(F)F)cc3)C[C@H]12. The Bertz CT molecular complexity index is 993. The summed E-state index contributed by atoms with van der Waals surface area (Å²) in [4.78, 5) is 41.2. The van der Waals surface area contributed by atoms with Crippen molar-refractivity contribution in [2.45, 2.75) is 24.7 Å². The molecule has 0 bridgehead atoms. The van der Waals surface area contributed by atoms with Crippen LogP contribution in [-0.4, -0.2) is 59.2 Å². The molecule has 2 atom stereocenters. The van der Waals surface area contributed by atoms with E-state index in [1.807, 2.05) is 30.3 Å². The van der Waals surface area contributed by atoms with E-state index in [0.717, 1.165) is 29.8 Å². The smallest absolute Gasteiger partial charge is 0.342 e. The summed E-state index contributed by atoms with van der Waals surface area (Å²) in [5, 5.41) is 2.74. The second kappa shape index (κ2) is 8.05. The number of amides is 3. The van der Waals surface area contributed by atoms with Crippen molar-refractivity contribution in [2.75, 3.05) is 19.6 Å². The first-order valence-electron chi connectivity index (χ1n) is 9.85. The predicted molar refractivity (Wildman–Crippen MR) is 105 cm³/mol. The van der Waals surface area contributed by atoms with Gasteiger partial charge in [-0.05, 0) is 29.8 Å². The van der Waals surface area contributed by atoms with E-state index in [-0.39, 0.29) is 37.0 Å². The van der Waals surface area contributed by atoms with Crippen LogP contribution in [0.5, 0.6) is 0 Å². The Morgan fingerprint density at radius 3 is 2.32 bits per heavy atom. The van der Waals surface area contributed by atoms with E-state index >= 15 is 0 Å². The number of nitrogens with one attached hydrogen (secondary N) is 1. The summed E-state index contributed by atoms with van der Waals surface area (Å²) in [6.45, 7) is 0.386. The van der Waals surface area contributed by atoms with Gasteiger partial charge in [0.25, 0.3) is 5.91 Å². The van der Waals surface area contributed by atoms with Gasteiger partial charge in [-0.2, -0.15) is 13.2 Å². The molecule has 3 amide bonds. The lowest BCUT2D eigenvalue weighted by Gasteiger charge is -2.45. The first-order valence-corrected chi connectivity index (χ1v) is 9.85. The minimum absolute atomic E-state index is 0.00448. The molecule has 0 saturated carbocycles. The molecule has 6 nitrogen and oxygen atoms in total. The zero-order chi connectivity index (χ0) is 22.2. The molecule has 9 heteroatoms. The fourth-order valence-electron chi connectivity index (χ4n) is 3.96. The minimum atomic E-state index is -4.48. The van der Waals surface area contributed by atoms with Crippen LogP contribution in [0, 0.1) is 0 Å². The van der Waals surface area contributed by atoms with Gasteiger partial charge >= 0.3 is 6.18 Å². The number of carbonyl (C=O) groups excluding carboxylic acids is 3. The molecule has 31 heavy (non-hydrogen) atoms. The lowest BCUT2D eigenvalue weighted by molar-refractivity contribution is -0.152. The third-order valence-corrected chi connectivity index (χ3v) is 5.61. The predicted octanol–water partition coefficient (Wildman–Crippen LogP) is 2.10. The van der Waals surface area contributed by atoms with E-state index in [0.29, 0.717) is 6.42 Å². The Kier molecular flexibility index (Phi) is 5.43. The molecule has 0 spiro atoms. The third-order valence-electron chi connectivity index (χ3n) is 5.61. The molecule has 2 heterocycles. The standard InChI is InChI=1S/C22H20F3N3O3/c23-22(24,25)16-8-6-15(7-9-16)20(30)27-10-11-28-18(13-27)19(29)26-17(21(28)31)12-14-4-2-1-3-5-14/h1-9,17-18H,10-13H2,(H,26,29)/t17-,18-/m1/s1. The highest BCUT2D eigenvalue weighted by Crippen LogP contribution is 2.29. The van der Waals surface area contributed by atoms with Crippen LogP contribution in [0.25, 0.3) is 0 Å². The normalized spacial score (nSPS) is 21.5. The summed E-state index contributed by atoms with van der Waals surface area (Å²) in [6.07, 6.45) is -4.10. The number of hydrogen-bond donors (Lipinski definition) is 1. The zero-order valence-electron chi connectivity index (χ0n) is 16.4. The van der Waals surface area contributed by atoms with E-state index in [4.69, 9.17) is 0 Å². The molecule has 0 aromatic heterocycles. The van der Waals surface area contributed by atoms with Crippen molar-refractivity contribution in [1.29, 1.82) is 0 Å². The van der Waals surface area contributed by atoms with Crippen LogP contribution in [0.3, 0.4) is 0 Å². The molecule has 2 fully saturated rings. The summed E-state index contributed by atoms with van der Waals surface area (Å²) in [6, 6.07) is 11.8. The van der Waals surface area contributed by atoms with Crippen LogP contribution in [-0.2, 0) is 22.2 Å². The Hall–Kier alpha value is -3.36. The lowest BCUT2D eigenvalue weighted by atomic mass is 9.98. The maximum absolute atomic E-state index is 12.9. The highest BCUT2D eigenvalue weighted by Gasteiger charge is 2.44. The van der Waals surface area contributed by atoms with E-state index in [2.05, 4.69) is 5.32 Å². The average Bonchev–Trinajstić information content (AvgIpc) is 2.76. The van der Waals surface area contributed by atoms with Gasteiger partial charge in [0, 0.05) is 25.1 Å². The molecule has 0 unspecified atom stereocenters. The van der Waals surface area contributed by atoms with Gasteiger partial charge in [0.1, 0.15) is 12.1 Å². The fraction of sp³-hybridized carbons (Fsp3) is 0.318. The van der Waals surface area contributed by atoms with E-state index in [1.54, 1.807) is 0 Å². The molecule has 2 saturated heterocycles. The number of hydrogen-bond acceptors (Lipinski definition) is 3. The number of rotatable bonds is 3. The maximum atomic E-state index is 12.9. The van der Waals surface area contributed by atoms with Gasteiger partial charge in [0.05, 0.1) is 12.1 Å². The first-order chi connectivity index (χ1) is 14.7. The minimum Gasteiger partial charge on any atom is -0.342 e. The van der Waals surface area contributed by atoms with Crippen molar-refractivity contribution in [1.82, 2.24) is 15.1 Å². The molecule has 1 N–H and O–H groups in total. The van der Waals surface area contributed by atoms with Crippen molar-refractivity contribution in [3.05, 3.63) is 71.3 Å². The molecule has 2 aliphatic rings. The Labute approximate surface area is 176 Å². The van der Waals surface area contributed by atoms with Crippen LogP contribution in [0.2, 0.25) is 0 Å². The van der Waals surface area contributed by atoms with E-state index in [9.17, 15) is 27.6 Å². The highest BCUT2D eigenvalue weighted by molar-refractivity contribution is 5.99. The second-order valence-corrected chi connectivity index (χ2v) is 7.62. The number of piperazine rings is 2. The van der Waals surface area contributed by atoms with Crippen LogP contribution in [0.1, 0.15) is 21.5 Å². The molecular formula is C22H20F3N3O3. The summed E-state index contributed by atoms with van der Waals surface area (Å²) in [5.74, 6) is -1.01. The van der Waals surface area contributed by atoms with Crippen LogP contribution >= 0.6 is 0 Å². The van der Waals surface area contributed by atoms with Gasteiger partial charge in [-0.25, -0.2) is 0 Å². The summed E-state index contributed by atoms with van der Waals surface area (Å²) >= 11 is 0. The number of nitrogens with zero attached hydrogens (tertiary/aromatic N) is 2. The molecule has 2 aromatic rings. The van der Waals surface area contributed by atoms with Crippen molar-refractivity contribution in [3.63, 3.8) is 0 Å². The van der Waals surface area contributed by atoms with Gasteiger partial charge in [-0.3, -0.25) is 14.4 Å². The average molecular weight is 431 g/mol. The molecule has 4 rings (SSSR count). The van der Waals surface area contributed by atoms with Crippen molar-refractivity contribution < 1.29 is 27.6 Å².